The number of hydrogen-bond donors (Lipinski definition) is 1. The standard InChI is InChI=1S/C16H24N2O3S2/c1-18(2)23(20,21)15-10-6-3-7-13(15)11-17-16(19)12-22-14-8-4-5-9-14/h3,6-7,10,14H,4-5,8-9,11-12H2,1-2H3,(H,17,19). The van der Waals surface area contributed by atoms with Gasteiger partial charge in [0.1, 0.15) is 0 Å². The number of thioether (sulfide) groups is 1. The second-order valence-electron chi connectivity index (χ2n) is 5.89. The van der Waals surface area contributed by atoms with Crippen molar-refractivity contribution in [2.45, 2.75) is 42.4 Å². The van der Waals surface area contributed by atoms with Gasteiger partial charge >= 0.3 is 0 Å². The highest BCUT2D eigenvalue weighted by atomic mass is 32.2. The van der Waals surface area contributed by atoms with Crippen molar-refractivity contribution in [3.8, 4) is 0 Å². The Morgan fingerprint density at radius 1 is 1.26 bits per heavy atom. The van der Waals surface area contributed by atoms with Crippen LogP contribution in [0.3, 0.4) is 0 Å². The van der Waals surface area contributed by atoms with Gasteiger partial charge in [0.15, 0.2) is 0 Å². The molecule has 128 valence electrons. The first-order valence-corrected chi connectivity index (χ1v) is 10.3. The number of nitrogens with one attached hydrogen (secondary N) is 1. The van der Waals surface area contributed by atoms with Crippen molar-refractivity contribution in [1.29, 1.82) is 0 Å². The second kappa shape index (κ2) is 8.17. The minimum atomic E-state index is -3.50. The van der Waals surface area contributed by atoms with E-state index in [9.17, 15) is 13.2 Å². The van der Waals surface area contributed by atoms with Crippen molar-refractivity contribution < 1.29 is 13.2 Å². The predicted octanol–water partition coefficient (Wildman–Crippen LogP) is 2.23. The fourth-order valence-electron chi connectivity index (χ4n) is 2.59. The van der Waals surface area contributed by atoms with Crippen molar-refractivity contribution >= 4 is 27.7 Å². The molecule has 0 aliphatic heterocycles. The fraction of sp³-hybridized carbons (Fsp3) is 0.562. The molecule has 0 heterocycles. The minimum Gasteiger partial charge on any atom is -0.351 e. The number of sulfonamides is 1. The van der Waals surface area contributed by atoms with Crippen LogP contribution in [-0.2, 0) is 21.4 Å². The van der Waals surface area contributed by atoms with Crippen LogP contribution in [0, 0.1) is 0 Å². The maximum absolute atomic E-state index is 12.3. The Hall–Kier alpha value is -1.05. The van der Waals surface area contributed by atoms with Crippen LogP contribution in [0.5, 0.6) is 0 Å². The van der Waals surface area contributed by atoms with Gasteiger partial charge in [0.25, 0.3) is 0 Å². The summed E-state index contributed by atoms with van der Waals surface area (Å²) in [4.78, 5) is 12.2. The third-order valence-corrected chi connectivity index (χ3v) is 7.25. The highest BCUT2D eigenvalue weighted by molar-refractivity contribution is 8.00. The van der Waals surface area contributed by atoms with Gasteiger partial charge in [-0.05, 0) is 24.5 Å². The topological polar surface area (TPSA) is 66.5 Å². The molecular weight excluding hydrogens is 332 g/mol. The molecule has 0 atom stereocenters. The Morgan fingerprint density at radius 2 is 1.91 bits per heavy atom. The largest absolute Gasteiger partial charge is 0.351 e. The zero-order chi connectivity index (χ0) is 16.9. The fourth-order valence-corrected chi connectivity index (χ4v) is 4.86. The van der Waals surface area contributed by atoms with E-state index in [4.69, 9.17) is 0 Å². The maximum Gasteiger partial charge on any atom is 0.242 e. The Labute approximate surface area is 142 Å². The number of nitrogens with zero attached hydrogens (tertiary/aromatic N) is 1. The lowest BCUT2D eigenvalue weighted by atomic mass is 10.2. The Morgan fingerprint density at radius 3 is 2.57 bits per heavy atom. The van der Waals surface area contributed by atoms with E-state index in [1.807, 2.05) is 0 Å². The first-order chi connectivity index (χ1) is 10.9. The van der Waals surface area contributed by atoms with Crippen molar-refractivity contribution in [2.24, 2.45) is 0 Å². The van der Waals surface area contributed by atoms with Gasteiger partial charge in [0.2, 0.25) is 15.9 Å². The van der Waals surface area contributed by atoms with E-state index in [0.29, 0.717) is 16.6 Å². The molecule has 2 rings (SSSR count). The van der Waals surface area contributed by atoms with Crippen molar-refractivity contribution in [3.05, 3.63) is 29.8 Å². The SMILES string of the molecule is CN(C)S(=O)(=O)c1ccccc1CNC(=O)CSC1CCCC1. The summed E-state index contributed by atoms with van der Waals surface area (Å²) in [5.41, 5.74) is 0.611. The second-order valence-corrected chi connectivity index (χ2v) is 9.30. The molecule has 0 radical (unpaired) electrons. The normalized spacial score (nSPS) is 16.0. The summed E-state index contributed by atoms with van der Waals surface area (Å²) < 4.78 is 25.8. The molecule has 0 aromatic heterocycles. The summed E-state index contributed by atoms with van der Waals surface area (Å²) in [5.74, 6) is 0.395. The van der Waals surface area contributed by atoms with Gasteiger partial charge in [-0.3, -0.25) is 4.79 Å². The number of carbonyl (C=O) groups excluding carboxylic acids is 1. The van der Waals surface area contributed by atoms with E-state index in [1.54, 1.807) is 36.0 Å². The van der Waals surface area contributed by atoms with Gasteiger partial charge < -0.3 is 5.32 Å². The summed E-state index contributed by atoms with van der Waals surface area (Å²) in [6.07, 6.45) is 4.91. The summed E-state index contributed by atoms with van der Waals surface area (Å²) in [6, 6.07) is 6.78. The number of hydrogen-bond acceptors (Lipinski definition) is 4. The summed E-state index contributed by atoms with van der Waals surface area (Å²) >= 11 is 1.70. The number of amides is 1. The maximum atomic E-state index is 12.3. The van der Waals surface area contributed by atoms with Gasteiger partial charge in [-0.15, -0.1) is 11.8 Å². The van der Waals surface area contributed by atoms with Crippen molar-refractivity contribution in [3.63, 3.8) is 0 Å². The predicted molar refractivity (Wildman–Crippen MR) is 93.9 cm³/mol. The third kappa shape index (κ3) is 4.96. The lowest BCUT2D eigenvalue weighted by molar-refractivity contribution is -0.118. The number of benzene rings is 1. The molecule has 0 bridgehead atoms. The Balaban J connectivity index is 1.94. The molecule has 1 fully saturated rings. The molecule has 1 amide bonds. The lowest BCUT2D eigenvalue weighted by Gasteiger charge is -2.15. The molecule has 0 saturated heterocycles. The van der Waals surface area contributed by atoms with E-state index < -0.39 is 10.0 Å². The Bertz CT molecular complexity index is 638. The average Bonchev–Trinajstić information content (AvgIpc) is 3.04. The number of rotatable bonds is 7. The third-order valence-electron chi connectivity index (χ3n) is 3.96. The van der Waals surface area contributed by atoms with Crippen LogP contribution >= 0.6 is 11.8 Å². The van der Waals surface area contributed by atoms with Gasteiger partial charge in [-0.1, -0.05) is 31.0 Å². The van der Waals surface area contributed by atoms with Crippen LogP contribution in [0.2, 0.25) is 0 Å². The summed E-state index contributed by atoms with van der Waals surface area (Å²) in [5, 5.41) is 3.43. The van der Waals surface area contributed by atoms with Crippen LogP contribution in [0.4, 0.5) is 0 Å². The highest BCUT2D eigenvalue weighted by Gasteiger charge is 2.21. The van der Waals surface area contributed by atoms with E-state index >= 15 is 0 Å². The van der Waals surface area contributed by atoms with E-state index in [2.05, 4.69) is 5.32 Å². The van der Waals surface area contributed by atoms with E-state index in [-0.39, 0.29) is 17.3 Å². The molecule has 1 aliphatic rings. The molecule has 1 aromatic rings. The lowest BCUT2D eigenvalue weighted by Crippen LogP contribution is -2.28. The van der Waals surface area contributed by atoms with Crippen LogP contribution in [0.25, 0.3) is 0 Å². The molecule has 1 saturated carbocycles. The molecule has 0 unspecified atom stereocenters. The first kappa shape index (κ1) is 18.3. The van der Waals surface area contributed by atoms with Crippen LogP contribution in [0.15, 0.2) is 29.2 Å². The highest BCUT2D eigenvalue weighted by Crippen LogP contribution is 2.29. The summed E-state index contributed by atoms with van der Waals surface area (Å²) in [6.45, 7) is 0.229. The quantitative estimate of drug-likeness (QED) is 0.813. The van der Waals surface area contributed by atoms with Crippen LogP contribution in [0.1, 0.15) is 31.2 Å². The minimum absolute atomic E-state index is 0.0426. The summed E-state index contributed by atoms with van der Waals surface area (Å²) in [7, 11) is -0.498. The molecule has 0 spiro atoms. The van der Waals surface area contributed by atoms with Gasteiger partial charge in [-0.25, -0.2) is 12.7 Å². The zero-order valence-electron chi connectivity index (χ0n) is 13.6. The molecule has 23 heavy (non-hydrogen) atoms. The average molecular weight is 357 g/mol. The zero-order valence-corrected chi connectivity index (χ0v) is 15.3. The monoisotopic (exact) mass is 356 g/mol. The van der Waals surface area contributed by atoms with E-state index in [1.165, 1.54) is 44.1 Å². The number of carbonyl (C=O) groups is 1. The smallest absolute Gasteiger partial charge is 0.242 e. The molecular formula is C16H24N2O3S2. The Kier molecular flexibility index (Phi) is 6.50. The van der Waals surface area contributed by atoms with Crippen molar-refractivity contribution in [1.82, 2.24) is 9.62 Å². The molecule has 1 aliphatic carbocycles. The van der Waals surface area contributed by atoms with Crippen LogP contribution in [-0.4, -0.2) is 43.7 Å². The van der Waals surface area contributed by atoms with Gasteiger partial charge in [0.05, 0.1) is 10.6 Å². The van der Waals surface area contributed by atoms with Gasteiger partial charge in [0, 0.05) is 25.9 Å². The molecule has 5 nitrogen and oxygen atoms in total. The van der Waals surface area contributed by atoms with Crippen molar-refractivity contribution in [2.75, 3.05) is 19.8 Å². The molecule has 1 aromatic carbocycles. The van der Waals surface area contributed by atoms with Crippen LogP contribution < -0.4 is 5.32 Å². The van der Waals surface area contributed by atoms with E-state index in [0.717, 1.165) is 0 Å². The first-order valence-electron chi connectivity index (χ1n) is 7.80. The van der Waals surface area contributed by atoms with Gasteiger partial charge in [-0.2, -0.15) is 0 Å². The molecule has 7 heteroatoms. The molecule has 1 N–H and O–H groups in total.